The molecule has 1 rings (SSSR count). The fourth-order valence-corrected chi connectivity index (χ4v) is 0.829. The molecule has 0 amide bonds. The zero-order chi connectivity index (χ0) is 8.97. The van der Waals surface area contributed by atoms with Crippen LogP contribution in [0.1, 0.15) is 11.4 Å². The van der Waals surface area contributed by atoms with E-state index in [9.17, 15) is 0 Å². The van der Waals surface area contributed by atoms with Gasteiger partial charge in [-0.15, -0.1) is 0 Å². The number of nitrogens with zero attached hydrogens (tertiary/aromatic N) is 2. The maximum absolute atomic E-state index is 5.58. The molecule has 0 radical (unpaired) electrons. The molecule has 0 unspecified atom stereocenters. The van der Waals surface area contributed by atoms with E-state index in [1.807, 2.05) is 6.92 Å². The number of hydrogen-bond acceptors (Lipinski definition) is 4. The number of aryl methyl sites for hydroxylation is 1. The van der Waals surface area contributed by atoms with Crippen molar-refractivity contribution in [1.29, 1.82) is 0 Å². The van der Waals surface area contributed by atoms with Gasteiger partial charge in [0.05, 0.1) is 18.0 Å². The Balaban J connectivity index is 2.69. The maximum Gasteiger partial charge on any atom is 0.145 e. The summed E-state index contributed by atoms with van der Waals surface area (Å²) in [5, 5.41) is 0. The summed E-state index contributed by atoms with van der Waals surface area (Å²) in [6.07, 6.45) is 2.48. The van der Waals surface area contributed by atoms with Crippen LogP contribution in [0.3, 0.4) is 0 Å². The standard InChI is InChI=1S/C8H13N3O/c1-6-8(9)11-7(5-10-6)3-4-12-2/h5H,3-4H2,1-2H3,(H2,9,11). The van der Waals surface area contributed by atoms with Crippen molar-refractivity contribution < 1.29 is 4.74 Å². The predicted molar refractivity (Wildman–Crippen MR) is 46.8 cm³/mol. The Morgan fingerprint density at radius 2 is 2.33 bits per heavy atom. The first-order valence-electron chi connectivity index (χ1n) is 3.81. The number of hydrogen-bond donors (Lipinski definition) is 1. The van der Waals surface area contributed by atoms with Gasteiger partial charge >= 0.3 is 0 Å². The van der Waals surface area contributed by atoms with Crippen molar-refractivity contribution >= 4 is 5.82 Å². The molecule has 0 saturated heterocycles. The molecule has 0 fully saturated rings. The van der Waals surface area contributed by atoms with Crippen molar-refractivity contribution in [2.24, 2.45) is 0 Å². The van der Waals surface area contributed by atoms with Gasteiger partial charge in [0.25, 0.3) is 0 Å². The number of nitrogens with two attached hydrogens (primary N) is 1. The number of aromatic nitrogens is 2. The Morgan fingerprint density at radius 3 is 2.92 bits per heavy atom. The van der Waals surface area contributed by atoms with Crippen molar-refractivity contribution in [3.8, 4) is 0 Å². The summed E-state index contributed by atoms with van der Waals surface area (Å²) in [4.78, 5) is 8.23. The molecule has 4 nitrogen and oxygen atoms in total. The van der Waals surface area contributed by atoms with Crippen molar-refractivity contribution in [1.82, 2.24) is 9.97 Å². The van der Waals surface area contributed by atoms with E-state index in [1.54, 1.807) is 13.3 Å². The zero-order valence-electron chi connectivity index (χ0n) is 7.37. The average Bonchev–Trinajstić information content (AvgIpc) is 2.07. The van der Waals surface area contributed by atoms with Gasteiger partial charge in [-0.3, -0.25) is 4.98 Å². The number of methoxy groups -OCH3 is 1. The van der Waals surface area contributed by atoms with Crippen LogP contribution >= 0.6 is 0 Å². The smallest absolute Gasteiger partial charge is 0.145 e. The number of ether oxygens (including phenoxy) is 1. The van der Waals surface area contributed by atoms with E-state index in [-0.39, 0.29) is 0 Å². The van der Waals surface area contributed by atoms with E-state index in [1.165, 1.54) is 0 Å². The van der Waals surface area contributed by atoms with Crippen LogP contribution in [0.25, 0.3) is 0 Å². The van der Waals surface area contributed by atoms with Gasteiger partial charge < -0.3 is 10.5 Å². The molecule has 2 N–H and O–H groups in total. The SMILES string of the molecule is COCCc1cnc(C)c(N)n1. The summed E-state index contributed by atoms with van der Waals surface area (Å²) in [5.74, 6) is 0.503. The highest BCUT2D eigenvalue weighted by Crippen LogP contribution is 2.04. The van der Waals surface area contributed by atoms with E-state index >= 15 is 0 Å². The molecule has 0 aliphatic rings. The van der Waals surface area contributed by atoms with Gasteiger partial charge in [0.1, 0.15) is 5.82 Å². The minimum atomic E-state index is 0.503. The molecule has 12 heavy (non-hydrogen) atoms. The Kier molecular flexibility index (Phi) is 2.99. The average molecular weight is 167 g/mol. The van der Waals surface area contributed by atoms with Gasteiger partial charge in [-0.25, -0.2) is 4.98 Å². The molecule has 0 aliphatic carbocycles. The third kappa shape index (κ3) is 2.17. The van der Waals surface area contributed by atoms with Crippen LogP contribution in [0, 0.1) is 6.92 Å². The number of nitrogen functional groups attached to an aromatic ring is 1. The molecule has 66 valence electrons. The van der Waals surface area contributed by atoms with Gasteiger partial charge in [0, 0.05) is 19.7 Å². The third-order valence-electron chi connectivity index (χ3n) is 1.60. The minimum Gasteiger partial charge on any atom is -0.384 e. The van der Waals surface area contributed by atoms with Crippen molar-refractivity contribution in [3.05, 3.63) is 17.6 Å². The predicted octanol–water partition coefficient (Wildman–Crippen LogP) is 0.556. The summed E-state index contributed by atoms with van der Waals surface area (Å²) in [7, 11) is 1.66. The van der Waals surface area contributed by atoms with E-state index in [0.717, 1.165) is 17.8 Å². The summed E-state index contributed by atoms with van der Waals surface area (Å²) < 4.78 is 4.91. The van der Waals surface area contributed by atoms with Gasteiger partial charge in [0.15, 0.2) is 0 Å². The van der Waals surface area contributed by atoms with Gasteiger partial charge in [-0.05, 0) is 6.92 Å². The molecule has 0 aliphatic heterocycles. The molecule has 0 atom stereocenters. The number of rotatable bonds is 3. The van der Waals surface area contributed by atoms with Gasteiger partial charge in [0.2, 0.25) is 0 Å². The lowest BCUT2D eigenvalue weighted by Crippen LogP contribution is -2.03. The molecular formula is C8H13N3O. The normalized spacial score (nSPS) is 10.2. The Hall–Kier alpha value is -1.16. The van der Waals surface area contributed by atoms with Crippen molar-refractivity contribution in [2.75, 3.05) is 19.5 Å². The van der Waals surface area contributed by atoms with Crippen LogP contribution in [0.2, 0.25) is 0 Å². The third-order valence-corrected chi connectivity index (χ3v) is 1.60. The molecule has 0 saturated carbocycles. The first-order valence-corrected chi connectivity index (χ1v) is 3.81. The second kappa shape index (κ2) is 4.01. The molecule has 1 heterocycles. The highest BCUT2D eigenvalue weighted by atomic mass is 16.5. The molecule has 1 aromatic rings. The summed E-state index contributed by atoms with van der Waals surface area (Å²) in [6.45, 7) is 2.49. The second-order valence-corrected chi connectivity index (χ2v) is 2.57. The van der Waals surface area contributed by atoms with Crippen LogP contribution in [0.5, 0.6) is 0 Å². The zero-order valence-corrected chi connectivity index (χ0v) is 7.37. The lowest BCUT2D eigenvalue weighted by atomic mass is 10.3. The van der Waals surface area contributed by atoms with Crippen LogP contribution < -0.4 is 5.73 Å². The van der Waals surface area contributed by atoms with Gasteiger partial charge in [-0.2, -0.15) is 0 Å². The molecule has 1 aromatic heterocycles. The fourth-order valence-electron chi connectivity index (χ4n) is 0.829. The van der Waals surface area contributed by atoms with E-state index < -0.39 is 0 Å². The molecule has 4 heteroatoms. The lowest BCUT2D eigenvalue weighted by molar-refractivity contribution is 0.201. The monoisotopic (exact) mass is 167 g/mol. The topological polar surface area (TPSA) is 61.0 Å². The van der Waals surface area contributed by atoms with E-state index in [2.05, 4.69) is 9.97 Å². The Bertz CT molecular complexity index is 262. The van der Waals surface area contributed by atoms with Crippen LogP contribution in [-0.4, -0.2) is 23.7 Å². The first-order chi connectivity index (χ1) is 5.74. The quantitative estimate of drug-likeness (QED) is 0.714. The highest BCUT2D eigenvalue weighted by Gasteiger charge is 1.98. The van der Waals surface area contributed by atoms with E-state index in [0.29, 0.717) is 12.4 Å². The van der Waals surface area contributed by atoms with Crippen molar-refractivity contribution in [2.45, 2.75) is 13.3 Å². The van der Waals surface area contributed by atoms with Crippen LogP contribution in [0.15, 0.2) is 6.20 Å². The Morgan fingerprint density at radius 1 is 1.58 bits per heavy atom. The second-order valence-electron chi connectivity index (χ2n) is 2.57. The number of anilines is 1. The Labute approximate surface area is 71.8 Å². The summed E-state index contributed by atoms with van der Waals surface area (Å²) in [5.41, 5.74) is 7.23. The summed E-state index contributed by atoms with van der Waals surface area (Å²) in [6, 6.07) is 0. The van der Waals surface area contributed by atoms with Crippen molar-refractivity contribution in [3.63, 3.8) is 0 Å². The van der Waals surface area contributed by atoms with E-state index in [4.69, 9.17) is 10.5 Å². The highest BCUT2D eigenvalue weighted by molar-refractivity contribution is 5.33. The van der Waals surface area contributed by atoms with Crippen LogP contribution in [-0.2, 0) is 11.2 Å². The lowest BCUT2D eigenvalue weighted by Gasteiger charge is -2.01. The summed E-state index contributed by atoms with van der Waals surface area (Å²) >= 11 is 0. The molecule has 0 bridgehead atoms. The molecule has 0 spiro atoms. The minimum absolute atomic E-state index is 0.503. The van der Waals surface area contributed by atoms with Crippen LogP contribution in [0.4, 0.5) is 5.82 Å². The largest absolute Gasteiger partial charge is 0.384 e. The fraction of sp³-hybridized carbons (Fsp3) is 0.500. The molecular weight excluding hydrogens is 154 g/mol. The first kappa shape index (κ1) is 8.93. The maximum atomic E-state index is 5.58. The van der Waals surface area contributed by atoms with Gasteiger partial charge in [-0.1, -0.05) is 0 Å². The molecule has 0 aromatic carbocycles.